The summed E-state index contributed by atoms with van der Waals surface area (Å²) in [6.07, 6.45) is 0.929. The monoisotopic (exact) mass is 346 g/mol. The fourth-order valence-electron chi connectivity index (χ4n) is 1.71. The van der Waals surface area contributed by atoms with Gasteiger partial charge in [0.25, 0.3) is 11.8 Å². The second-order valence-electron chi connectivity index (χ2n) is 3.95. The molecule has 0 bridgehead atoms. The highest BCUT2D eigenvalue weighted by Gasteiger charge is 2.31. The van der Waals surface area contributed by atoms with Gasteiger partial charge in [-0.3, -0.25) is 14.5 Å². The molecule has 1 aliphatic heterocycles. The van der Waals surface area contributed by atoms with Crippen LogP contribution in [0.25, 0.3) is 0 Å². The molecule has 1 aliphatic rings. The van der Waals surface area contributed by atoms with E-state index in [0.717, 1.165) is 23.1 Å². The topological polar surface area (TPSA) is 69.6 Å². The van der Waals surface area contributed by atoms with E-state index in [1.807, 2.05) is 0 Å². The van der Waals surface area contributed by atoms with Crippen molar-refractivity contribution < 1.29 is 23.5 Å². The Labute approximate surface area is 121 Å². The minimum atomic E-state index is -0.904. The molecule has 0 aliphatic carbocycles. The Balaban J connectivity index is 2.26. The smallest absolute Gasteiger partial charge is 0.277 e. The summed E-state index contributed by atoms with van der Waals surface area (Å²) in [5.74, 6) is -3.20. The molecule has 2 rings (SSSR count). The van der Waals surface area contributed by atoms with E-state index in [4.69, 9.17) is 5.11 Å². The number of imide groups is 1. The zero-order valence-corrected chi connectivity index (χ0v) is 11.6. The first-order valence-electron chi connectivity index (χ1n) is 5.54. The summed E-state index contributed by atoms with van der Waals surface area (Å²) in [6.45, 7) is -0.565. The quantitative estimate of drug-likeness (QED) is 0.808. The Morgan fingerprint density at radius 3 is 2.40 bits per heavy atom. The average Bonchev–Trinajstić information content (AvgIpc) is 2.62. The van der Waals surface area contributed by atoms with Crippen LogP contribution in [0, 0.1) is 11.6 Å². The van der Waals surface area contributed by atoms with Crippen LogP contribution < -0.4 is 5.32 Å². The SMILES string of the molecule is O=C1C=C(Nc2c(F)cc(Br)cc2F)C(=O)N1CCO. The van der Waals surface area contributed by atoms with Crippen LogP contribution in [0.4, 0.5) is 14.5 Å². The lowest BCUT2D eigenvalue weighted by atomic mass is 10.2. The van der Waals surface area contributed by atoms with Gasteiger partial charge >= 0.3 is 0 Å². The molecule has 2 N–H and O–H groups in total. The van der Waals surface area contributed by atoms with Crippen LogP contribution in [0.15, 0.2) is 28.4 Å². The number of β-amino-alcohol motifs (C(OH)–C–C–N with tert-alkyl or cyclic N) is 1. The molecule has 2 amide bonds. The standard InChI is InChI=1S/C12H9BrF2N2O3/c13-6-3-7(14)11(8(15)4-6)16-9-5-10(19)17(1-2-18)12(9)20/h3-5,16,18H,1-2H2. The number of hydrogen-bond acceptors (Lipinski definition) is 4. The summed E-state index contributed by atoms with van der Waals surface area (Å²) in [6, 6.07) is 2.05. The van der Waals surface area contributed by atoms with Crippen LogP contribution in [0.5, 0.6) is 0 Å². The molecule has 0 saturated heterocycles. The van der Waals surface area contributed by atoms with Crippen LogP contribution in [0.3, 0.4) is 0 Å². The number of carbonyl (C=O) groups excluding carboxylic acids is 2. The van der Waals surface area contributed by atoms with E-state index in [1.54, 1.807) is 0 Å². The van der Waals surface area contributed by atoms with Crippen molar-refractivity contribution in [2.75, 3.05) is 18.5 Å². The Morgan fingerprint density at radius 1 is 1.25 bits per heavy atom. The summed E-state index contributed by atoms with van der Waals surface area (Å²) in [5, 5.41) is 11.0. The lowest BCUT2D eigenvalue weighted by Gasteiger charge is -2.14. The van der Waals surface area contributed by atoms with E-state index in [2.05, 4.69) is 21.2 Å². The Kier molecular flexibility index (Phi) is 4.15. The molecule has 0 fully saturated rings. The number of aliphatic hydroxyl groups is 1. The van der Waals surface area contributed by atoms with Gasteiger partial charge in [0.15, 0.2) is 11.6 Å². The van der Waals surface area contributed by atoms with Crippen LogP contribution in [-0.2, 0) is 9.59 Å². The molecule has 5 nitrogen and oxygen atoms in total. The lowest BCUT2D eigenvalue weighted by molar-refractivity contribution is -0.137. The Morgan fingerprint density at radius 2 is 1.85 bits per heavy atom. The number of aliphatic hydroxyl groups excluding tert-OH is 1. The van der Waals surface area contributed by atoms with Crippen molar-refractivity contribution in [3.05, 3.63) is 40.0 Å². The van der Waals surface area contributed by atoms with Gasteiger partial charge in [-0.2, -0.15) is 0 Å². The number of amides is 2. The lowest BCUT2D eigenvalue weighted by Crippen LogP contribution is -2.34. The highest BCUT2D eigenvalue weighted by atomic mass is 79.9. The van der Waals surface area contributed by atoms with E-state index in [9.17, 15) is 18.4 Å². The number of halogens is 3. The van der Waals surface area contributed by atoms with Crippen molar-refractivity contribution in [1.82, 2.24) is 4.90 Å². The molecule has 0 spiro atoms. The van der Waals surface area contributed by atoms with Crippen LogP contribution in [0.2, 0.25) is 0 Å². The van der Waals surface area contributed by atoms with Crippen LogP contribution in [-0.4, -0.2) is 35.0 Å². The van der Waals surface area contributed by atoms with Crippen LogP contribution >= 0.6 is 15.9 Å². The van der Waals surface area contributed by atoms with Gasteiger partial charge in [-0.05, 0) is 12.1 Å². The zero-order valence-electron chi connectivity index (χ0n) is 9.99. The van der Waals surface area contributed by atoms with Gasteiger partial charge in [0.05, 0.1) is 13.2 Å². The van der Waals surface area contributed by atoms with Crippen molar-refractivity contribution in [3.8, 4) is 0 Å². The van der Waals surface area contributed by atoms with Gasteiger partial charge in [0.1, 0.15) is 11.4 Å². The normalized spacial score (nSPS) is 14.8. The third-order valence-corrected chi connectivity index (χ3v) is 3.06. The van der Waals surface area contributed by atoms with E-state index in [1.165, 1.54) is 0 Å². The van der Waals surface area contributed by atoms with Gasteiger partial charge in [-0.1, -0.05) is 15.9 Å². The molecule has 1 aromatic rings. The summed E-state index contributed by atoms with van der Waals surface area (Å²) in [7, 11) is 0. The first kappa shape index (κ1) is 14.6. The summed E-state index contributed by atoms with van der Waals surface area (Å²) in [5.41, 5.74) is -0.768. The van der Waals surface area contributed by atoms with Crippen LogP contribution in [0.1, 0.15) is 0 Å². The van der Waals surface area contributed by atoms with E-state index in [-0.39, 0.29) is 23.3 Å². The number of hydrogen-bond donors (Lipinski definition) is 2. The number of anilines is 1. The number of carbonyl (C=O) groups is 2. The van der Waals surface area contributed by atoms with E-state index in [0.29, 0.717) is 0 Å². The second kappa shape index (κ2) is 5.68. The number of rotatable bonds is 4. The van der Waals surface area contributed by atoms with E-state index >= 15 is 0 Å². The third kappa shape index (κ3) is 2.70. The number of benzene rings is 1. The minimum absolute atomic E-state index is 0.176. The average molecular weight is 347 g/mol. The Hall–Kier alpha value is -1.80. The zero-order chi connectivity index (χ0) is 14.9. The molecule has 1 aromatic carbocycles. The molecule has 0 unspecified atom stereocenters. The maximum absolute atomic E-state index is 13.6. The molecule has 0 atom stereocenters. The minimum Gasteiger partial charge on any atom is -0.395 e. The molecule has 20 heavy (non-hydrogen) atoms. The van der Waals surface area contributed by atoms with Gasteiger partial charge < -0.3 is 10.4 Å². The largest absolute Gasteiger partial charge is 0.395 e. The fraction of sp³-hybridized carbons (Fsp3) is 0.167. The molecule has 1 heterocycles. The van der Waals surface area contributed by atoms with Crippen molar-refractivity contribution in [2.45, 2.75) is 0 Å². The highest BCUT2D eigenvalue weighted by molar-refractivity contribution is 9.10. The van der Waals surface area contributed by atoms with Crippen molar-refractivity contribution >= 4 is 33.4 Å². The maximum atomic E-state index is 13.6. The number of nitrogens with zero attached hydrogens (tertiary/aromatic N) is 1. The maximum Gasteiger partial charge on any atom is 0.277 e. The van der Waals surface area contributed by atoms with Crippen molar-refractivity contribution in [1.29, 1.82) is 0 Å². The van der Waals surface area contributed by atoms with Gasteiger partial charge in [0, 0.05) is 10.5 Å². The van der Waals surface area contributed by atoms with E-state index < -0.39 is 29.1 Å². The second-order valence-corrected chi connectivity index (χ2v) is 4.86. The van der Waals surface area contributed by atoms with Gasteiger partial charge in [-0.15, -0.1) is 0 Å². The molecule has 8 heteroatoms. The predicted octanol–water partition coefficient (Wildman–Crippen LogP) is 1.38. The number of nitrogens with one attached hydrogen (secondary N) is 1. The van der Waals surface area contributed by atoms with Gasteiger partial charge in [0.2, 0.25) is 0 Å². The van der Waals surface area contributed by atoms with Crippen molar-refractivity contribution in [2.24, 2.45) is 0 Å². The summed E-state index contributed by atoms with van der Waals surface area (Å²) >= 11 is 2.93. The first-order chi connectivity index (χ1) is 9.43. The fourth-order valence-corrected chi connectivity index (χ4v) is 2.11. The highest BCUT2D eigenvalue weighted by Crippen LogP contribution is 2.26. The summed E-state index contributed by atoms with van der Waals surface area (Å²) in [4.78, 5) is 24.1. The summed E-state index contributed by atoms with van der Waals surface area (Å²) < 4.78 is 27.5. The third-order valence-electron chi connectivity index (χ3n) is 2.60. The molecular weight excluding hydrogens is 338 g/mol. The molecule has 0 saturated carbocycles. The van der Waals surface area contributed by atoms with Crippen molar-refractivity contribution in [3.63, 3.8) is 0 Å². The molecule has 106 valence electrons. The molecular formula is C12H9BrF2N2O3. The van der Waals surface area contributed by atoms with Gasteiger partial charge in [-0.25, -0.2) is 8.78 Å². The molecule has 0 aromatic heterocycles. The predicted molar refractivity (Wildman–Crippen MR) is 69.6 cm³/mol. The Bertz CT molecular complexity index is 596. The molecule has 0 radical (unpaired) electrons. The first-order valence-corrected chi connectivity index (χ1v) is 6.33.